The van der Waals surface area contributed by atoms with Crippen LogP contribution < -0.4 is 16.4 Å². The van der Waals surface area contributed by atoms with Crippen LogP contribution in [-0.2, 0) is 40.2 Å². The Morgan fingerprint density at radius 1 is 1.05 bits per heavy atom. The molecule has 1 fully saturated rings. The molecule has 7 nitrogen and oxygen atoms in total. The summed E-state index contributed by atoms with van der Waals surface area (Å²) in [5.41, 5.74) is 8.80. The fourth-order valence-corrected chi connectivity index (χ4v) is 6.90. The minimum Gasteiger partial charge on any atom is -0.368 e. The Labute approximate surface area is 247 Å². The van der Waals surface area contributed by atoms with E-state index < -0.39 is 17.5 Å². The first kappa shape index (κ1) is 29.2. The van der Waals surface area contributed by atoms with Gasteiger partial charge >= 0.3 is 0 Å². The van der Waals surface area contributed by atoms with Gasteiger partial charge in [-0.3, -0.25) is 14.4 Å². The molecule has 0 aliphatic heterocycles. The number of carbonyl (C=O) groups is 3. The molecule has 0 radical (unpaired) electrons. The summed E-state index contributed by atoms with van der Waals surface area (Å²) in [7, 11) is 0. The minimum atomic E-state index is -1.21. The highest BCUT2D eigenvalue weighted by molar-refractivity contribution is 6.30. The summed E-state index contributed by atoms with van der Waals surface area (Å²) in [4.78, 5) is 39.8. The highest BCUT2D eigenvalue weighted by Crippen LogP contribution is 2.38. The standard InChI is InChI=1S/C33H41ClN4O3/c1-21(2)30(31(35)40)36-32(41)33(37-29(39)18-22-12-14-24(34)15-13-22)17-16-28-26(19-33)25-10-6-7-11-27(25)38(28)20-23-8-4-3-5-9-23/h6-7,10-15,21,23,30H,3-5,8-9,16-20H2,1-2H3,(H2,35,40)(H,36,41)(H,37,39)/t30-,33+/m0/s1. The van der Waals surface area contributed by atoms with Crippen molar-refractivity contribution in [2.75, 3.05) is 0 Å². The van der Waals surface area contributed by atoms with Gasteiger partial charge in [0, 0.05) is 34.6 Å². The molecule has 8 heteroatoms. The van der Waals surface area contributed by atoms with Crippen molar-refractivity contribution in [3.8, 4) is 0 Å². The molecule has 0 unspecified atom stereocenters. The Bertz CT molecular complexity index is 1420. The summed E-state index contributed by atoms with van der Waals surface area (Å²) in [5, 5.41) is 7.75. The van der Waals surface area contributed by atoms with Gasteiger partial charge < -0.3 is 20.9 Å². The van der Waals surface area contributed by atoms with E-state index in [1.165, 1.54) is 43.3 Å². The maximum atomic E-state index is 14.1. The average molecular weight is 577 g/mol. The van der Waals surface area contributed by atoms with Crippen molar-refractivity contribution in [2.24, 2.45) is 17.6 Å². The first-order valence-corrected chi connectivity index (χ1v) is 15.3. The Morgan fingerprint density at radius 3 is 2.44 bits per heavy atom. The number of nitrogens with two attached hydrogens (primary N) is 1. The fourth-order valence-electron chi connectivity index (χ4n) is 6.77. The van der Waals surface area contributed by atoms with Gasteiger partial charge in [-0.2, -0.15) is 0 Å². The van der Waals surface area contributed by atoms with Crippen LogP contribution in [0.2, 0.25) is 5.02 Å². The summed E-state index contributed by atoms with van der Waals surface area (Å²) < 4.78 is 2.47. The largest absolute Gasteiger partial charge is 0.368 e. The summed E-state index contributed by atoms with van der Waals surface area (Å²) in [6.07, 6.45) is 7.93. The summed E-state index contributed by atoms with van der Waals surface area (Å²) in [6.45, 7) is 4.67. The van der Waals surface area contributed by atoms with Crippen LogP contribution in [0.5, 0.6) is 0 Å². The lowest BCUT2D eigenvalue weighted by atomic mass is 9.78. The maximum Gasteiger partial charge on any atom is 0.246 e. The number of nitrogens with one attached hydrogen (secondary N) is 2. The Kier molecular flexibility index (Phi) is 8.74. The Balaban J connectivity index is 1.50. The number of hydrogen-bond donors (Lipinski definition) is 3. The van der Waals surface area contributed by atoms with E-state index in [4.69, 9.17) is 17.3 Å². The molecule has 0 saturated heterocycles. The zero-order valence-corrected chi connectivity index (χ0v) is 24.8. The molecule has 0 bridgehead atoms. The zero-order valence-electron chi connectivity index (χ0n) is 24.0. The van der Waals surface area contributed by atoms with Crippen LogP contribution in [0, 0.1) is 11.8 Å². The van der Waals surface area contributed by atoms with Crippen LogP contribution in [0.4, 0.5) is 0 Å². The minimum absolute atomic E-state index is 0.117. The molecule has 1 aromatic heterocycles. The third-order valence-electron chi connectivity index (χ3n) is 8.98. The van der Waals surface area contributed by atoms with E-state index in [0.717, 1.165) is 23.1 Å². The zero-order chi connectivity index (χ0) is 29.1. The summed E-state index contributed by atoms with van der Waals surface area (Å²) in [6, 6.07) is 14.7. The average Bonchev–Trinajstić information content (AvgIpc) is 3.25. The van der Waals surface area contributed by atoms with Gasteiger partial charge in [0.25, 0.3) is 0 Å². The van der Waals surface area contributed by atoms with Gasteiger partial charge in [0.1, 0.15) is 11.6 Å². The number of para-hydroxylation sites is 1. The number of carbonyl (C=O) groups excluding carboxylic acids is 3. The van der Waals surface area contributed by atoms with Gasteiger partial charge in [-0.15, -0.1) is 0 Å². The molecule has 1 heterocycles. The van der Waals surface area contributed by atoms with E-state index in [-0.39, 0.29) is 24.2 Å². The number of hydrogen-bond acceptors (Lipinski definition) is 3. The molecule has 3 aromatic rings. The number of nitrogens with zero attached hydrogens (tertiary/aromatic N) is 1. The van der Waals surface area contributed by atoms with E-state index in [0.29, 0.717) is 30.2 Å². The monoisotopic (exact) mass is 576 g/mol. The van der Waals surface area contributed by atoms with Crippen LogP contribution in [0.15, 0.2) is 48.5 Å². The second-order valence-electron chi connectivity index (χ2n) is 12.3. The number of amides is 3. The van der Waals surface area contributed by atoms with Crippen molar-refractivity contribution in [3.05, 3.63) is 70.4 Å². The molecule has 2 aromatic carbocycles. The Hall–Kier alpha value is -3.32. The third kappa shape index (κ3) is 6.30. The number of aromatic nitrogens is 1. The predicted molar refractivity (Wildman–Crippen MR) is 163 cm³/mol. The maximum absolute atomic E-state index is 14.1. The molecule has 5 rings (SSSR count). The van der Waals surface area contributed by atoms with Gasteiger partial charge in [-0.25, -0.2) is 0 Å². The Morgan fingerprint density at radius 2 is 1.76 bits per heavy atom. The second kappa shape index (κ2) is 12.3. The smallest absolute Gasteiger partial charge is 0.246 e. The molecule has 0 spiro atoms. The first-order valence-electron chi connectivity index (χ1n) is 14.9. The number of primary amides is 1. The quantitative estimate of drug-likeness (QED) is 0.330. The summed E-state index contributed by atoms with van der Waals surface area (Å²) >= 11 is 6.03. The normalized spacial score (nSPS) is 20.0. The molecule has 218 valence electrons. The number of fused-ring (bicyclic) bond motifs is 3. The van der Waals surface area contributed by atoms with Crippen molar-refractivity contribution in [3.63, 3.8) is 0 Å². The molecule has 2 aliphatic carbocycles. The van der Waals surface area contributed by atoms with Crippen molar-refractivity contribution in [1.29, 1.82) is 0 Å². The molecular weight excluding hydrogens is 536 g/mol. The number of halogens is 1. The first-order chi connectivity index (χ1) is 19.7. The lowest BCUT2D eigenvalue weighted by Crippen LogP contribution is -2.64. The van der Waals surface area contributed by atoms with Crippen LogP contribution >= 0.6 is 11.6 Å². The number of benzene rings is 2. The molecule has 3 amide bonds. The van der Waals surface area contributed by atoms with Crippen molar-refractivity contribution < 1.29 is 14.4 Å². The number of rotatable bonds is 9. The highest BCUT2D eigenvalue weighted by Gasteiger charge is 2.45. The molecule has 41 heavy (non-hydrogen) atoms. The van der Waals surface area contributed by atoms with Crippen LogP contribution in [0.25, 0.3) is 10.9 Å². The van der Waals surface area contributed by atoms with E-state index in [1.807, 2.05) is 32.0 Å². The van der Waals surface area contributed by atoms with Gasteiger partial charge in [0.15, 0.2) is 0 Å². The van der Waals surface area contributed by atoms with Crippen LogP contribution in [-0.4, -0.2) is 33.9 Å². The van der Waals surface area contributed by atoms with Gasteiger partial charge in [0.2, 0.25) is 17.7 Å². The van der Waals surface area contributed by atoms with Crippen molar-refractivity contribution >= 4 is 40.2 Å². The van der Waals surface area contributed by atoms with Gasteiger partial charge in [-0.05, 0) is 66.8 Å². The lowest BCUT2D eigenvalue weighted by Gasteiger charge is -2.38. The van der Waals surface area contributed by atoms with E-state index in [9.17, 15) is 14.4 Å². The fraction of sp³-hybridized carbons (Fsp3) is 0.485. The second-order valence-corrected chi connectivity index (χ2v) is 12.7. The van der Waals surface area contributed by atoms with Gasteiger partial charge in [-0.1, -0.05) is 75.0 Å². The molecule has 2 atom stereocenters. The van der Waals surface area contributed by atoms with Crippen molar-refractivity contribution in [2.45, 2.75) is 89.8 Å². The lowest BCUT2D eigenvalue weighted by molar-refractivity contribution is -0.136. The third-order valence-corrected chi connectivity index (χ3v) is 9.23. The van der Waals surface area contributed by atoms with E-state index >= 15 is 0 Å². The SMILES string of the molecule is CC(C)[C@H](NC(=O)[C@@]1(NC(=O)Cc2ccc(Cl)cc2)CCc2c(c3ccccc3n2CC2CCCCC2)C1)C(N)=O. The summed E-state index contributed by atoms with van der Waals surface area (Å²) in [5.74, 6) is -0.738. The van der Waals surface area contributed by atoms with E-state index in [2.05, 4.69) is 33.4 Å². The highest BCUT2D eigenvalue weighted by atomic mass is 35.5. The molecule has 4 N–H and O–H groups in total. The molecule has 2 aliphatic rings. The van der Waals surface area contributed by atoms with Crippen molar-refractivity contribution in [1.82, 2.24) is 15.2 Å². The van der Waals surface area contributed by atoms with Gasteiger partial charge in [0.05, 0.1) is 6.42 Å². The van der Waals surface area contributed by atoms with E-state index in [1.54, 1.807) is 12.1 Å². The van der Waals surface area contributed by atoms with Crippen LogP contribution in [0.1, 0.15) is 69.2 Å². The van der Waals surface area contributed by atoms with Crippen LogP contribution in [0.3, 0.4) is 0 Å². The topological polar surface area (TPSA) is 106 Å². The molecular formula is C33H41ClN4O3. The molecule has 1 saturated carbocycles. The predicted octanol–water partition coefficient (Wildman–Crippen LogP) is 5.09.